The number of carbonyl (C=O) groups excluding carboxylic acids is 2. The molecule has 218 valence electrons. The van der Waals surface area contributed by atoms with Crippen LogP contribution in [0.2, 0.25) is 0 Å². The van der Waals surface area contributed by atoms with Crippen molar-refractivity contribution < 1.29 is 14.3 Å². The van der Waals surface area contributed by atoms with E-state index >= 15 is 0 Å². The summed E-state index contributed by atoms with van der Waals surface area (Å²) in [5.74, 6) is 1.70. The van der Waals surface area contributed by atoms with Crippen molar-refractivity contribution in [3.63, 3.8) is 0 Å². The summed E-state index contributed by atoms with van der Waals surface area (Å²) in [7, 11) is 0. The first kappa shape index (κ1) is 34.5. The zero-order valence-corrected chi connectivity index (χ0v) is 24.5. The molecule has 0 saturated heterocycles. The van der Waals surface area contributed by atoms with E-state index in [1.54, 1.807) is 0 Å². The van der Waals surface area contributed by atoms with Gasteiger partial charge in [-0.1, -0.05) is 25.3 Å². The van der Waals surface area contributed by atoms with Gasteiger partial charge in [0.05, 0.1) is 18.6 Å². The molecule has 2 amide bonds. The predicted molar refractivity (Wildman–Crippen MR) is 163 cm³/mol. The van der Waals surface area contributed by atoms with E-state index in [4.69, 9.17) is 27.7 Å². The van der Waals surface area contributed by atoms with Crippen molar-refractivity contribution in [2.45, 2.75) is 87.8 Å². The molecule has 9 nitrogen and oxygen atoms in total. The Labute approximate surface area is 239 Å². The minimum atomic E-state index is -0.519. The van der Waals surface area contributed by atoms with Crippen LogP contribution in [0.3, 0.4) is 0 Å². The molecule has 2 atom stereocenters. The molecule has 0 heterocycles. The molecule has 1 aromatic carbocycles. The molecule has 0 saturated carbocycles. The molecular formula is C27H50N6O3S2. The smallest absolute Gasteiger partial charge is 0.237 e. The van der Waals surface area contributed by atoms with Crippen molar-refractivity contribution in [3.05, 3.63) is 28.8 Å². The van der Waals surface area contributed by atoms with Gasteiger partial charge in [0.25, 0.3) is 0 Å². The SMILES string of the molecule is NCCCCC[C@H](N)C(=O)NCCOc1cc(CS)c(CS)cc1CCCCNC(=O)[C@@H](N)CCCCN. The Balaban J connectivity index is 2.54. The van der Waals surface area contributed by atoms with Crippen LogP contribution in [0.15, 0.2) is 12.1 Å². The van der Waals surface area contributed by atoms with Crippen LogP contribution >= 0.6 is 25.3 Å². The minimum Gasteiger partial charge on any atom is -0.491 e. The maximum Gasteiger partial charge on any atom is 0.237 e. The molecule has 1 aromatic rings. The standard InChI is InChI=1S/C27H50N6O3S2/c28-11-5-1-2-9-23(30)27(35)33-14-15-36-25-17-22(19-38)21(18-37)16-20(25)8-4-7-13-32-26(34)24(31)10-3-6-12-29/h16-17,23-24,37-38H,1-15,18-19,28-31H2,(H,32,34)(H,33,35)/t23-,24-/m0/s1. The van der Waals surface area contributed by atoms with Gasteiger partial charge in [0.2, 0.25) is 11.8 Å². The highest BCUT2D eigenvalue weighted by molar-refractivity contribution is 7.79. The summed E-state index contributed by atoms with van der Waals surface area (Å²) in [4.78, 5) is 24.4. The van der Waals surface area contributed by atoms with E-state index in [1.807, 2.05) is 6.07 Å². The van der Waals surface area contributed by atoms with Gasteiger partial charge in [-0.2, -0.15) is 25.3 Å². The van der Waals surface area contributed by atoms with Crippen LogP contribution < -0.4 is 38.3 Å². The Morgan fingerprint density at radius 3 is 1.89 bits per heavy atom. The van der Waals surface area contributed by atoms with Crippen molar-refractivity contribution in [3.8, 4) is 5.75 Å². The molecule has 11 heteroatoms. The molecule has 10 N–H and O–H groups in total. The number of unbranched alkanes of at least 4 members (excludes halogenated alkanes) is 4. The molecule has 0 aliphatic heterocycles. The fourth-order valence-corrected chi connectivity index (χ4v) is 4.64. The lowest BCUT2D eigenvalue weighted by atomic mass is 10.0. The lowest BCUT2D eigenvalue weighted by Crippen LogP contribution is -2.42. The highest BCUT2D eigenvalue weighted by Crippen LogP contribution is 2.27. The topological polar surface area (TPSA) is 172 Å². The van der Waals surface area contributed by atoms with E-state index in [9.17, 15) is 9.59 Å². The van der Waals surface area contributed by atoms with Crippen LogP contribution in [0.25, 0.3) is 0 Å². The van der Waals surface area contributed by atoms with Gasteiger partial charge >= 0.3 is 0 Å². The summed E-state index contributed by atoms with van der Waals surface area (Å²) >= 11 is 8.92. The Kier molecular flexibility index (Phi) is 19.4. The van der Waals surface area contributed by atoms with Crippen molar-refractivity contribution in [1.29, 1.82) is 0 Å². The summed E-state index contributed by atoms with van der Waals surface area (Å²) in [6, 6.07) is 3.13. The highest BCUT2D eigenvalue weighted by Gasteiger charge is 2.14. The van der Waals surface area contributed by atoms with Gasteiger partial charge in [-0.25, -0.2) is 0 Å². The maximum atomic E-state index is 12.2. The van der Waals surface area contributed by atoms with Gasteiger partial charge in [-0.15, -0.1) is 0 Å². The molecule has 38 heavy (non-hydrogen) atoms. The zero-order chi connectivity index (χ0) is 28.2. The second kappa shape index (κ2) is 21.3. The van der Waals surface area contributed by atoms with Crippen LogP contribution in [0, 0.1) is 0 Å². The maximum absolute atomic E-state index is 12.2. The van der Waals surface area contributed by atoms with Crippen LogP contribution in [0.4, 0.5) is 0 Å². The molecule has 0 aliphatic carbocycles. The number of rotatable bonds is 22. The lowest BCUT2D eigenvalue weighted by Gasteiger charge is -2.17. The van der Waals surface area contributed by atoms with Gasteiger partial charge in [-0.05, 0) is 80.8 Å². The van der Waals surface area contributed by atoms with E-state index in [1.165, 1.54) is 0 Å². The van der Waals surface area contributed by atoms with E-state index in [-0.39, 0.29) is 11.8 Å². The van der Waals surface area contributed by atoms with Crippen LogP contribution in [-0.2, 0) is 27.5 Å². The quantitative estimate of drug-likeness (QED) is 0.0775. The van der Waals surface area contributed by atoms with Crippen molar-refractivity contribution in [2.24, 2.45) is 22.9 Å². The third-order valence-electron chi connectivity index (χ3n) is 6.42. The molecule has 0 aliphatic rings. The van der Waals surface area contributed by atoms with Gasteiger partial charge in [0.15, 0.2) is 0 Å². The highest BCUT2D eigenvalue weighted by atomic mass is 32.1. The number of nitrogens with two attached hydrogens (primary N) is 4. The number of hydrogen-bond acceptors (Lipinski definition) is 9. The molecule has 0 radical (unpaired) electrons. The molecule has 0 fully saturated rings. The van der Waals surface area contributed by atoms with Crippen molar-refractivity contribution in [2.75, 3.05) is 32.8 Å². The second-order valence-electron chi connectivity index (χ2n) is 9.57. The Bertz CT molecular complexity index is 815. The Morgan fingerprint density at radius 1 is 0.737 bits per heavy atom. The van der Waals surface area contributed by atoms with Gasteiger partial charge in [-0.3, -0.25) is 9.59 Å². The Hall–Kier alpha value is -1.50. The number of amides is 2. The first-order valence-electron chi connectivity index (χ1n) is 13.8. The molecule has 0 bridgehead atoms. The normalized spacial score (nSPS) is 12.7. The number of benzene rings is 1. The molecule has 0 unspecified atom stereocenters. The summed E-state index contributed by atoms with van der Waals surface area (Å²) in [6.07, 6.45) is 8.34. The number of ether oxygens (including phenoxy) is 1. The summed E-state index contributed by atoms with van der Waals surface area (Å²) < 4.78 is 6.07. The summed E-state index contributed by atoms with van der Waals surface area (Å²) in [5.41, 5.74) is 26.2. The van der Waals surface area contributed by atoms with Gasteiger partial charge in [0, 0.05) is 18.1 Å². The van der Waals surface area contributed by atoms with E-state index < -0.39 is 12.1 Å². The van der Waals surface area contributed by atoms with E-state index in [2.05, 4.69) is 42.0 Å². The van der Waals surface area contributed by atoms with Crippen LogP contribution in [-0.4, -0.2) is 56.7 Å². The average Bonchev–Trinajstić information content (AvgIpc) is 2.92. The largest absolute Gasteiger partial charge is 0.491 e. The second-order valence-corrected chi connectivity index (χ2v) is 10.2. The summed E-state index contributed by atoms with van der Waals surface area (Å²) in [6.45, 7) is 2.56. The third-order valence-corrected chi connectivity index (χ3v) is 7.10. The molecular weight excluding hydrogens is 520 g/mol. The number of nitrogens with one attached hydrogen (secondary N) is 2. The first-order chi connectivity index (χ1) is 18.4. The fraction of sp³-hybridized carbons (Fsp3) is 0.704. The van der Waals surface area contributed by atoms with Crippen LogP contribution in [0.1, 0.15) is 74.5 Å². The first-order valence-corrected chi connectivity index (χ1v) is 15.1. The Morgan fingerprint density at radius 2 is 1.29 bits per heavy atom. The van der Waals surface area contributed by atoms with E-state index in [0.717, 1.165) is 73.8 Å². The molecule has 0 aromatic heterocycles. The van der Waals surface area contributed by atoms with Gasteiger partial charge in [0.1, 0.15) is 12.4 Å². The lowest BCUT2D eigenvalue weighted by molar-refractivity contribution is -0.123. The number of aryl methyl sites for hydroxylation is 1. The number of thiol groups is 2. The predicted octanol–water partition coefficient (Wildman–Crippen LogP) is 1.78. The monoisotopic (exact) mass is 570 g/mol. The zero-order valence-electron chi connectivity index (χ0n) is 22.8. The summed E-state index contributed by atoms with van der Waals surface area (Å²) in [5, 5.41) is 5.79. The average molecular weight is 571 g/mol. The fourth-order valence-electron chi connectivity index (χ4n) is 4.05. The third kappa shape index (κ3) is 14.0. The van der Waals surface area contributed by atoms with Crippen molar-refractivity contribution in [1.82, 2.24) is 10.6 Å². The number of hydrogen-bond donors (Lipinski definition) is 8. The van der Waals surface area contributed by atoms with Crippen LogP contribution in [0.5, 0.6) is 5.75 Å². The minimum absolute atomic E-state index is 0.112. The van der Waals surface area contributed by atoms with E-state index in [0.29, 0.717) is 57.1 Å². The number of carbonyl (C=O) groups is 2. The van der Waals surface area contributed by atoms with Gasteiger partial charge < -0.3 is 38.3 Å². The van der Waals surface area contributed by atoms with Crippen molar-refractivity contribution >= 4 is 37.1 Å². The molecule has 0 spiro atoms. The molecule has 1 rings (SSSR count).